The van der Waals surface area contributed by atoms with Crippen LogP contribution in [0, 0.1) is 6.92 Å². The minimum Gasteiger partial charge on any atom is -0.464 e. The summed E-state index contributed by atoms with van der Waals surface area (Å²) in [6.07, 6.45) is 3.15. The van der Waals surface area contributed by atoms with E-state index < -0.39 is 5.97 Å². The molecule has 2 aromatic heterocycles. The van der Waals surface area contributed by atoms with E-state index in [4.69, 9.17) is 0 Å². The fraction of sp³-hybridized carbons (Fsp3) is 0.200. The van der Waals surface area contributed by atoms with Crippen molar-refractivity contribution < 1.29 is 9.53 Å². The molecular weight excluding hydrogens is 208 g/mol. The van der Waals surface area contributed by atoms with E-state index in [2.05, 4.69) is 20.0 Å². The summed E-state index contributed by atoms with van der Waals surface area (Å²) in [4.78, 5) is 15.3. The van der Waals surface area contributed by atoms with Crippen molar-refractivity contribution in [2.45, 2.75) is 6.92 Å². The number of nitrogens with zero attached hydrogens (tertiary/aromatic N) is 4. The highest BCUT2D eigenvalue weighted by Crippen LogP contribution is 2.06. The minimum absolute atomic E-state index is 0.158. The molecule has 0 atom stereocenters. The Balaban J connectivity index is 2.35. The smallest absolute Gasteiger partial charge is 0.360 e. The van der Waals surface area contributed by atoms with Crippen LogP contribution in [0.4, 0.5) is 0 Å². The van der Waals surface area contributed by atoms with Crippen LogP contribution in [0.25, 0.3) is 5.82 Å². The number of hydrogen-bond acceptors (Lipinski definition) is 5. The lowest BCUT2D eigenvalue weighted by atomic mass is 10.3. The fourth-order valence-electron chi connectivity index (χ4n) is 1.22. The molecular formula is C10H10N4O2. The molecule has 0 spiro atoms. The number of aromatic nitrogens is 4. The van der Waals surface area contributed by atoms with Crippen molar-refractivity contribution in [3.63, 3.8) is 0 Å². The second-order valence-corrected chi connectivity index (χ2v) is 3.23. The van der Waals surface area contributed by atoms with Crippen LogP contribution in [-0.4, -0.2) is 33.1 Å². The maximum atomic E-state index is 11.2. The van der Waals surface area contributed by atoms with Gasteiger partial charge in [0.15, 0.2) is 11.5 Å². The van der Waals surface area contributed by atoms with Gasteiger partial charge in [-0.05, 0) is 24.6 Å². The molecule has 0 fully saturated rings. The molecule has 0 saturated carbocycles. The molecule has 0 amide bonds. The predicted octanol–water partition coefficient (Wildman–Crippen LogP) is 0.757. The van der Waals surface area contributed by atoms with E-state index in [1.165, 1.54) is 18.0 Å². The number of hydrogen-bond donors (Lipinski definition) is 0. The Morgan fingerprint density at radius 3 is 3.00 bits per heavy atom. The zero-order chi connectivity index (χ0) is 11.5. The van der Waals surface area contributed by atoms with Crippen molar-refractivity contribution in [3.05, 3.63) is 35.8 Å². The third-order valence-corrected chi connectivity index (χ3v) is 2.02. The maximum absolute atomic E-state index is 11.2. The van der Waals surface area contributed by atoms with Crippen LogP contribution in [-0.2, 0) is 4.74 Å². The molecule has 0 bridgehead atoms. The summed E-state index contributed by atoms with van der Waals surface area (Å²) < 4.78 is 5.96. The first-order valence-corrected chi connectivity index (χ1v) is 4.64. The third kappa shape index (κ3) is 1.90. The number of methoxy groups -OCH3 is 1. The number of esters is 1. The molecule has 0 N–H and O–H groups in total. The lowest BCUT2D eigenvalue weighted by molar-refractivity contribution is 0.0594. The quantitative estimate of drug-likeness (QED) is 0.696. The van der Waals surface area contributed by atoms with Gasteiger partial charge in [-0.3, -0.25) is 0 Å². The highest BCUT2D eigenvalue weighted by molar-refractivity contribution is 5.86. The van der Waals surface area contributed by atoms with E-state index in [1.54, 1.807) is 6.20 Å². The van der Waals surface area contributed by atoms with Gasteiger partial charge in [0.05, 0.1) is 13.3 Å². The molecule has 0 unspecified atom stereocenters. The molecule has 0 saturated heterocycles. The molecule has 6 nitrogen and oxygen atoms in total. The van der Waals surface area contributed by atoms with Crippen LogP contribution in [0.15, 0.2) is 24.5 Å². The number of pyridine rings is 1. The van der Waals surface area contributed by atoms with Crippen molar-refractivity contribution in [1.29, 1.82) is 0 Å². The summed E-state index contributed by atoms with van der Waals surface area (Å²) in [6, 6.07) is 3.72. The van der Waals surface area contributed by atoms with Crippen LogP contribution in [0.1, 0.15) is 16.1 Å². The van der Waals surface area contributed by atoms with Crippen molar-refractivity contribution in [2.75, 3.05) is 7.11 Å². The number of aryl methyl sites for hydroxylation is 1. The van der Waals surface area contributed by atoms with Crippen LogP contribution in [0.2, 0.25) is 0 Å². The Labute approximate surface area is 91.9 Å². The summed E-state index contributed by atoms with van der Waals surface area (Å²) in [5, 5.41) is 7.49. The van der Waals surface area contributed by atoms with Gasteiger partial charge in [-0.25, -0.2) is 14.5 Å². The normalized spacial score (nSPS) is 10.1. The van der Waals surface area contributed by atoms with Gasteiger partial charge in [0, 0.05) is 6.20 Å². The van der Waals surface area contributed by atoms with E-state index in [9.17, 15) is 4.79 Å². The van der Waals surface area contributed by atoms with Gasteiger partial charge in [-0.1, -0.05) is 5.21 Å². The number of rotatable bonds is 2. The van der Waals surface area contributed by atoms with Gasteiger partial charge in [0.1, 0.15) is 0 Å². The van der Waals surface area contributed by atoms with Crippen molar-refractivity contribution in [3.8, 4) is 5.82 Å². The van der Waals surface area contributed by atoms with Gasteiger partial charge >= 0.3 is 5.97 Å². The Morgan fingerprint density at radius 2 is 2.31 bits per heavy atom. The second-order valence-electron chi connectivity index (χ2n) is 3.23. The van der Waals surface area contributed by atoms with Crippen LogP contribution < -0.4 is 0 Å². The Hall–Kier alpha value is -2.24. The van der Waals surface area contributed by atoms with E-state index in [0.29, 0.717) is 5.82 Å². The van der Waals surface area contributed by atoms with Gasteiger partial charge in [0.25, 0.3) is 0 Å². The SMILES string of the molecule is COC(=O)c1cn(-c2cc(C)ccn2)nn1. The van der Waals surface area contributed by atoms with Crippen LogP contribution >= 0.6 is 0 Å². The van der Waals surface area contributed by atoms with E-state index in [-0.39, 0.29) is 5.69 Å². The highest BCUT2D eigenvalue weighted by atomic mass is 16.5. The summed E-state index contributed by atoms with van der Waals surface area (Å²) in [5.74, 6) is 0.0987. The zero-order valence-electron chi connectivity index (χ0n) is 8.91. The molecule has 0 aliphatic heterocycles. The highest BCUT2D eigenvalue weighted by Gasteiger charge is 2.11. The molecule has 82 valence electrons. The Bertz CT molecular complexity index is 521. The molecule has 2 heterocycles. The lowest BCUT2D eigenvalue weighted by Crippen LogP contribution is -2.01. The Morgan fingerprint density at radius 1 is 1.50 bits per heavy atom. The molecule has 2 rings (SSSR count). The van der Waals surface area contributed by atoms with Crippen LogP contribution in [0.5, 0.6) is 0 Å². The first-order valence-electron chi connectivity index (χ1n) is 4.64. The molecule has 0 aliphatic rings. The van der Waals surface area contributed by atoms with Crippen molar-refractivity contribution >= 4 is 5.97 Å². The summed E-state index contributed by atoms with van der Waals surface area (Å²) in [7, 11) is 1.30. The second kappa shape index (κ2) is 4.09. The first-order chi connectivity index (χ1) is 7.70. The lowest BCUT2D eigenvalue weighted by Gasteiger charge is -1.98. The number of carbonyl (C=O) groups is 1. The average Bonchev–Trinajstić information content (AvgIpc) is 2.77. The largest absolute Gasteiger partial charge is 0.464 e. The monoisotopic (exact) mass is 218 g/mol. The van der Waals surface area contributed by atoms with Crippen molar-refractivity contribution in [1.82, 2.24) is 20.0 Å². The van der Waals surface area contributed by atoms with Gasteiger partial charge in [0.2, 0.25) is 0 Å². The summed E-state index contributed by atoms with van der Waals surface area (Å²) >= 11 is 0. The van der Waals surface area contributed by atoms with Gasteiger partial charge in [-0.15, -0.1) is 5.10 Å². The van der Waals surface area contributed by atoms with Crippen LogP contribution in [0.3, 0.4) is 0 Å². The van der Waals surface area contributed by atoms with E-state index in [1.807, 2.05) is 19.1 Å². The van der Waals surface area contributed by atoms with E-state index >= 15 is 0 Å². The standard InChI is InChI=1S/C10H10N4O2/c1-7-3-4-11-9(5-7)14-6-8(12-13-14)10(15)16-2/h3-6H,1-2H3. The summed E-state index contributed by atoms with van der Waals surface area (Å²) in [5.41, 5.74) is 1.21. The Kier molecular flexibility index (Phi) is 2.63. The molecule has 0 radical (unpaired) electrons. The molecule has 0 aromatic carbocycles. The molecule has 0 aliphatic carbocycles. The average molecular weight is 218 g/mol. The number of carbonyl (C=O) groups excluding carboxylic acids is 1. The topological polar surface area (TPSA) is 69.9 Å². The van der Waals surface area contributed by atoms with Gasteiger partial charge < -0.3 is 4.74 Å². The maximum Gasteiger partial charge on any atom is 0.360 e. The summed E-state index contributed by atoms with van der Waals surface area (Å²) in [6.45, 7) is 1.95. The fourth-order valence-corrected chi connectivity index (χ4v) is 1.22. The van der Waals surface area contributed by atoms with E-state index in [0.717, 1.165) is 5.56 Å². The zero-order valence-corrected chi connectivity index (χ0v) is 8.91. The van der Waals surface area contributed by atoms with Crippen molar-refractivity contribution in [2.24, 2.45) is 0 Å². The molecule has 16 heavy (non-hydrogen) atoms. The number of ether oxygens (including phenoxy) is 1. The minimum atomic E-state index is -0.515. The first kappa shape index (κ1) is 10.3. The third-order valence-electron chi connectivity index (χ3n) is 2.02. The molecule has 2 aromatic rings. The van der Waals surface area contributed by atoms with Gasteiger partial charge in [-0.2, -0.15) is 0 Å². The predicted molar refractivity (Wildman–Crippen MR) is 55.2 cm³/mol. The molecule has 6 heteroatoms.